The van der Waals surface area contributed by atoms with Crippen LogP contribution in [0.5, 0.6) is 0 Å². The van der Waals surface area contributed by atoms with E-state index in [4.69, 9.17) is 16.6 Å². The van der Waals surface area contributed by atoms with Gasteiger partial charge in [0.15, 0.2) is 0 Å². The molecule has 102 valence electrons. The Morgan fingerprint density at radius 2 is 2.00 bits per heavy atom. The number of carboxylic acid groups (broad SMARTS) is 1. The van der Waals surface area contributed by atoms with Crippen molar-refractivity contribution in [2.75, 3.05) is 5.73 Å². The Labute approximate surface area is 109 Å². The highest BCUT2D eigenvalue weighted by molar-refractivity contribution is 6.01. The maximum Gasteiger partial charge on any atom is 0.326 e. The number of carbonyl (C=O) groups is 3. The smallest absolute Gasteiger partial charge is 0.326 e. The largest absolute Gasteiger partial charge is 0.480 e. The molecule has 1 rings (SSSR count). The van der Waals surface area contributed by atoms with Crippen LogP contribution < -0.4 is 16.8 Å². The minimum absolute atomic E-state index is 0.163. The van der Waals surface area contributed by atoms with E-state index in [0.717, 1.165) is 5.56 Å². The molecule has 0 spiro atoms. The highest BCUT2D eigenvalue weighted by atomic mass is 16.4. The molecule has 7 heteroatoms. The second kappa shape index (κ2) is 5.85. The number of nitrogens with two attached hydrogens (primary N) is 2. The Kier molecular flexibility index (Phi) is 4.46. The van der Waals surface area contributed by atoms with Crippen LogP contribution in [0.3, 0.4) is 0 Å². The molecule has 0 radical (unpaired) electrons. The number of anilines is 1. The van der Waals surface area contributed by atoms with E-state index in [-0.39, 0.29) is 11.3 Å². The fourth-order valence-corrected chi connectivity index (χ4v) is 1.50. The molecular weight excluding hydrogens is 250 g/mol. The van der Waals surface area contributed by atoms with Crippen molar-refractivity contribution >= 4 is 23.5 Å². The summed E-state index contributed by atoms with van der Waals surface area (Å²) >= 11 is 0. The molecule has 1 atom stereocenters. The summed E-state index contributed by atoms with van der Waals surface area (Å²) < 4.78 is 0. The zero-order valence-electron chi connectivity index (χ0n) is 10.3. The number of amides is 2. The summed E-state index contributed by atoms with van der Waals surface area (Å²) in [4.78, 5) is 33.5. The van der Waals surface area contributed by atoms with E-state index in [1.165, 1.54) is 6.07 Å². The first-order valence-corrected chi connectivity index (χ1v) is 5.49. The second-order valence-electron chi connectivity index (χ2n) is 4.13. The Hall–Kier alpha value is -2.57. The molecule has 0 aliphatic rings. The summed E-state index contributed by atoms with van der Waals surface area (Å²) in [5.41, 5.74) is 11.8. The first-order chi connectivity index (χ1) is 8.81. The zero-order valence-corrected chi connectivity index (χ0v) is 10.3. The number of nitrogens with one attached hydrogen (secondary N) is 1. The van der Waals surface area contributed by atoms with Gasteiger partial charge in [0.05, 0.1) is 12.0 Å². The summed E-state index contributed by atoms with van der Waals surface area (Å²) in [5, 5.41) is 11.1. The molecule has 0 aliphatic carbocycles. The summed E-state index contributed by atoms with van der Waals surface area (Å²) in [5.74, 6) is -2.81. The quantitative estimate of drug-likeness (QED) is 0.539. The van der Waals surface area contributed by atoms with Crippen LogP contribution in [0.15, 0.2) is 18.2 Å². The van der Waals surface area contributed by atoms with Gasteiger partial charge in [0.1, 0.15) is 6.04 Å². The molecule has 1 aromatic rings. The third kappa shape index (κ3) is 3.98. The molecule has 0 heterocycles. The molecule has 7 nitrogen and oxygen atoms in total. The Morgan fingerprint density at radius 3 is 2.53 bits per heavy atom. The van der Waals surface area contributed by atoms with Crippen LogP contribution in [0.1, 0.15) is 22.3 Å². The van der Waals surface area contributed by atoms with E-state index < -0.39 is 30.2 Å². The number of aryl methyl sites for hydroxylation is 1. The van der Waals surface area contributed by atoms with Crippen molar-refractivity contribution in [2.24, 2.45) is 5.73 Å². The van der Waals surface area contributed by atoms with Crippen LogP contribution in [0, 0.1) is 6.92 Å². The van der Waals surface area contributed by atoms with Gasteiger partial charge in [-0.1, -0.05) is 11.6 Å². The van der Waals surface area contributed by atoms with Gasteiger partial charge in [-0.15, -0.1) is 0 Å². The van der Waals surface area contributed by atoms with Gasteiger partial charge in [0.2, 0.25) is 5.91 Å². The number of carboxylic acids is 1. The number of primary amides is 1. The van der Waals surface area contributed by atoms with Crippen molar-refractivity contribution in [1.29, 1.82) is 0 Å². The number of aliphatic carboxylic acids is 1. The summed E-state index contributed by atoms with van der Waals surface area (Å²) in [7, 11) is 0. The van der Waals surface area contributed by atoms with Gasteiger partial charge in [0.25, 0.3) is 5.91 Å². The number of hydrogen-bond acceptors (Lipinski definition) is 4. The Bertz CT molecular complexity index is 528. The fraction of sp³-hybridized carbons (Fsp3) is 0.250. The molecule has 6 N–H and O–H groups in total. The van der Waals surface area contributed by atoms with E-state index in [1.54, 1.807) is 19.1 Å². The van der Waals surface area contributed by atoms with Crippen molar-refractivity contribution in [1.82, 2.24) is 5.32 Å². The SMILES string of the molecule is Cc1ccc(N)c(C(=O)N[C@@H](CC(N)=O)C(=O)O)c1. The molecule has 0 bridgehead atoms. The van der Waals surface area contributed by atoms with Crippen LogP contribution in [-0.2, 0) is 9.59 Å². The van der Waals surface area contributed by atoms with E-state index in [9.17, 15) is 14.4 Å². The van der Waals surface area contributed by atoms with Crippen molar-refractivity contribution in [3.63, 3.8) is 0 Å². The van der Waals surface area contributed by atoms with Crippen LogP contribution >= 0.6 is 0 Å². The number of carbonyl (C=O) groups excluding carboxylic acids is 2. The minimum atomic E-state index is -1.37. The first kappa shape index (κ1) is 14.5. The van der Waals surface area contributed by atoms with Gasteiger partial charge in [-0.2, -0.15) is 0 Å². The second-order valence-corrected chi connectivity index (χ2v) is 4.13. The van der Waals surface area contributed by atoms with Crippen molar-refractivity contribution < 1.29 is 19.5 Å². The van der Waals surface area contributed by atoms with Gasteiger partial charge in [-0.3, -0.25) is 9.59 Å². The summed E-state index contributed by atoms with van der Waals surface area (Å²) in [6.07, 6.45) is -0.479. The van der Waals surface area contributed by atoms with Crippen LogP contribution in [-0.4, -0.2) is 28.9 Å². The molecule has 0 saturated carbocycles. The highest BCUT2D eigenvalue weighted by Gasteiger charge is 2.23. The lowest BCUT2D eigenvalue weighted by Gasteiger charge is -2.14. The molecular formula is C12H15N3O4. The van der Waals surface area contributed by atoms with E-state index in [2.05, 4.69) is 5.32 Å². The molecule has 0 aromatic heterocycles. The lowest BCUT2D eigenvalue weighted by Crippen LogP contribution is -2.43. The van der Waals surface area contributed by atoms with Gasteiger partial charge in [0, 0.05) is 5.69 Å². The molecule has 0 unspecified atom stereocenters. The number of nitrogen functional groups attached to an aromatic ring is 1. The topological polar surface area (TPSA) is 136 Å². The monoisotopic (exact) mass is 265 g/mol. The fourth-order valence-electron chi connectivity index (χ4n) is 1.50. The van der Waals surface area contributed by atoms with Crippen LogP contribution in [0.25, 0.3) is 0 Å². The number of benzene rings is 1. The van der Waals surface area contributed by atoms with E-state index >= 15 is 0 Å². The Balaban J connectivity index is 2.90. The lowest BCUT2D eigenvalue weighted by atomic mass is 10.1. The molecule has 0 aliphatic heterocycles. The van der Waals surface area contributed by atoms with Gasteiger partial charge < -0.3 is 21.9 Å². The summed E-state index contributed by atoms with van der Waals surface area (Å²) in [6.45, 7) is 1.77. The minimum Gasteiger partial charge on any atom is -0.480 e. The molecule has 19 heavy (non-hydrogen) atoms. The van der Waals surface area contributed by atoms with Crippen molar-refractivity contribution in [3.8, 4) is 0 Å². The first-order valence-electron chi connectivity index (χ1n) is 5.49. The average Bonchev–Trinajstić information content (AvgIpc) is 2.30. The van der Waals surface area contributed by atoms with Gasteiger partial charge in [-0.25, -0.2) is 4.79 Å². The molecule has 2 amide bonds. The molecule has 0 saturated heterocycles. The number of hydrogen-bond donors (Lipinski definition) is 4. The predicted octanol–water partition coefficient (Wildman–Crippen LogP) is -0.364. The zero-order chi connectivity index (χ0) is 14.6. The standard InChI is InChI=1S/C12H15N3O4/c1-6-2-3-8(13)7(4-6)11(17)15-9(12(18)19)5-10(14)16/h2-4,9H,5,13H2,1H3,(H2,14,16)(H,15,17)(H,18,19)/t9-/m0/s1. The van der Waals surface area contributed by atoms with Crippen LogP contribution in [0.4, 0.5) is 5.69 Å². The lowest BCUT2D eigenvalue weighted by molar-refractivity contribution is -0.140. The highest BCUT2D eigenvalue weighted by Crippen LogP contribution is 2.13. The van der Waals surface area contributed by atoms with Crippen molar-refractivity contribution in [3.05, 3.63) is 29.3 Å². The average molecular weight is 265 g/mol. The van der Waals surface area contributed by atoms with Gasteiger partial charge in [-0.05, 0) is 19.1 Å². The third-order valence-electron chi connectivity index (χ3n) is 2.46. The molecule has 0 fully saturated rings. The molecule has 1 aromatic carbocycles. The summed E-state index contributed by atoms with van der Waals surface area (Å²) in [6, 6.07) is 3.44. The number of rotatable bonds is 5. The third-order valence-corrected chi connectivity index (χ3v) is 2.46. The maximum atomic E-state index is 11.9. The normalized spacial score (nSPS) is 11.6. The predicted molar refractivity (Wildman–Crippen MR) is 68.3 cm³/mol. The van der Waals surface area contributed by atoms with Gasteiger partial charge >= 0.3 is 5.97 Å². The van der Waals surface area contributed by atoms with Crippen molar-refractivity contribution in [2.45, 2.75) is 19.4 Å². The van der Waals surface area contributed by atoms with E-state index in [0.29, 0.717) is 0 Å². The maximum absolute atomic E-state index is 11.9. The Morgan fingerprint density at radius 1 is 1.37 bits per heavy atom. The van der Waals surface area contributed by atoms with Crippen LogP contribution in [0.2, 0.25) is 0 Å². The van der Waals surface area contributed by atoms with E-state index in [1.807, 2.05) is 0 Å².